The number of ether oxygens (including phenoxy) is 1. The van der Waals surface area contributed by atoms with Crippen LogP contribution in [0.3, 0.4) is 0 Å². The predicted octanol–water partition coefficient (Wildman–Crippen LogP) is 3.00. The van der Waals surface area contributed by atoms with Gasteiger partial charge in [-0.25, -0.2) is 8.42 Å². The zero-order chi connectivity index (χ0) is 19.7. The van der Waals surface area contributed by atoms with Crippen LogP contribution < -0.4 is 9.64 Å². The Hall–Kier alpha value is -2.32. The van der Waals surface area contributed by atoms with E-state index in [4.69, 9.17) is 4.74 Å². The van der Waals surface area contributed by atoms with E-state index in [0.29, 0.717) is 17.3 Å². The quantitative estimate of drug-likeness (QED) is 0.763. The van der Waals surface area contributed by atoms with Crippen LogP contribution in [0, 0.1) is 0 Å². The summed E-state index contributed by atoms with van der Waals surface area (Å²) in [6, 6.07) is 16.1. The van der Waals surface area contributed by atoms with Crippen LogP contribution in [0.4, 0.5) is 5.69 Å². The Labute approximate surface area is 168 Å². The lowest BCUT2D eigenvalue weighted by Gasteiger charge is -2.24. The number of hydrogen-bond donors (Lipinski definition) is 0. The van der Waals surface area contributed by atoms with Crippen molar-refractivity contribution < 1.29 is 17.9 Å². The Morgan fingerprint density at radius 3 is 2.54 bits per heavy atom. The number of hydrogen-bond acceptors (Lipinski definition) is 5. The lowest BCUT2D eigenvalue weighted by molar-refractivity contribution is 0.100. The van der Waals surface area contributed by atoms with Crippen LogP contribution in [0.15, 0.2) is 59.6 Å². The molecule has 0 radical (unpaired) electrons. The van der Waals surface area contributed by atoms with Gasteiger partial charge in [0.05, 0.1) is 24.2 Å². The van der Waals surface area contributed by atoms with Crippen LogP contribution in [-0.4, -0.2) is 48.9 Å². The van der Waals surface area contributed by atoms with Gasteiger partial charge in [-0.1, -0.05) is 30.0 Å². The minimum atomic E-state index is -3.09. The maximum atomic E-state index is 12.6. The normalized spacial score (nSPS) is 24.3. The third-order valence-corrected chi connectivity index (χ3v) is 7.92. The van der Waals surface area contributed by atoms with E-state index in [0.717, 1.165) is 11.4 Å². The van der Waals surface area contributed by atoms with Gasteiger partial charge in [-0.2, -0.15) is 4.99 Å². The van der Waals surface area contributed by atoms with Crippen molar-refractivity contribution in [2.45, 2.75) is 18.2 Å². The second kappa shape index (κ2) is 7.60. The molecule has 0 N–H and O–H groups in total. The fourth-order valence-electron chi connectivity index (χ4n) is 3.47. The Morgan fingerprint density at radius 1 is 1.14 bits per heavy atom. The molecule has 0 saturated carbocycles. The topological polar surface area (TPSA) is 76.0 Å². The largest absolute Gasteiger partial charge is 0.494 e. The van der Waals surface area contributed by atoms with E-state index in [1.54, 1.807) is 24.3 Å². The number of rotatable bonds is 4. The highest BCUT2D eigenvalue weighted by Gasteiger charge is 2.49. The van der Waals surface area contributed by atoms with Crippen molar-refractivity contribution in [1.82, 2.24) is 0 Å². The summed E-state index contributed by atoms with van der Waals surface area (Å²) in [6.07, 6.45) is 0. The van der Waals surface area contributed by atoms with Gasteiger partial charge in [-0.15, -0.1) is 0 Å². The number of nitrogens with zero attached hydrogens (tertiary/aromatic N) is 2. The van der Waals surface area contributed by atoms with Crippen LogP contribution in [0.5, 0.6) is 5.75 Å². The molecule has 2 fully saturated rings. The van der Waals surface area contributed by atoms with Crippen LogP contribution >= 0.6 is 11.8 Å². The van der Waals surface area contributed by atoms with E-state index in [2.05, 4.69) is 4.99 Å². The van der Waals surface area contributed by atoms with E-state index in [1.165, 1.54) is 11.8 Å². The molecule has 4 rings (SSSR count). The molecule has 0 aromatic heterocycles. The van der Waals surface area contributed by atoms with E-state index >= 15 is 0 Å². The number of benzene rings is 2. The number of carbonyl (C=O) groups is 1. The summed E-state index contributed by atoms with van der Waals surface area (Å²) >= 11 is 1.37. The molecule has 2 aliphatic heterocycles. The Morgan fingerprint density at radius 2 is 1.86 bits per heavy atom. The van der Waals surface area contributed by atoms with Gasteiger partial charge >= 0.3 is 0 Å². The van der Waals surface area contributed by atoms with Crippen LogP contribution in [-0.2, 0) is 9.84 Å². The maximum absolute atomic E-state index is 12.6. The second-order valence-corrected chi connectivity index (χ2v) is 10.0. The van der Waals surface area contributed by atoms with E-state index < -0.39 is 9.84 Å². The smallest absolute Gasteiger partial charge is 0.279 e. The fourth-order valence-corrected chi connectivity index (χ4v) is 7.38. The van der Waals surface area contributed by atoms with Crippen molar-refractivity contribution in [3.8, 4) is 5.75 Å². The van der Waals surface area contributed by atoms with Crippen molar-refractivity contribution in [1.29, 1.82) is 0 Å². The maximum Gasteiger partial charge on any atom is 0.279 e. The summed E-state index contributed by atoms with van der Waals surface area (Å²) in [4.78, 5) is 18.8. The van der Waals surface area contributed by atoms with Gasteiger partial charge < -0.3 is 9.64 Å². The van der Waals surface area contributed by atoms with Crippen LogP contribution in [0.1, 0.15) is 17.3 Å². The molecule has 0 bridgehead atoms. The number of amides is 1. The first kappa shape index (κ1) is 19.0. The van der Waals surface area contributed by atoms with Gasteiger partial charge in [0.2, 0.25) is 0 Å². The van der Waals surface area contributed by atoms with Crippen molar-refractivity contribution in [3.63, 3.8) is 0 Å². The standard InChI is InChI=1S/C20H20N2O4S2/c1-2-26-16-10-8-15(9-11-16)22-17-12-28(24,25)13-18(17)27-20(22)21-19(23)14-6-4-3-5-7-14/h3-11,17-18H,2,12-13H2,1H3/t17-,18-/m0/s1. The first-order valence-electron chi connectivity index (χ1n) is 9.04. The molecule has 2 heterocycles. The highest BCUT2D eigenvalue weighted by molar-refractivity contribution is 8.16. The Bertz CT molecular complexity index is 1000. The molecule has 146 valence electrons. The van der Waals surface area contributed by atoms with Gasteiger partial charge in [0.1, 0.15) is 5.75 Å². The fraction of sp³-hybridized carbons (Fsp3) is 0.300. The predicted molar refractivity (Wildman–Crippen MR) is 112 cm³/mol. The third kappa shape index (κ3) is 3.79. The number of amidine groups is 1. The molecular weight excluding hydrogens is 396 g/mol. The van der Waals surface area contributed by atoms with Gasteiger partial charge in [0, 0.05) is 16.5 Å². The summed E-state index contributed by atoms with van der Waals surface area (Å²) in [6.45, 7) is 2.49. The van der Waals surface area contributed by atoms with Crippen LogP contribution in [0.25, 0.3) is 0 Å². The van der Waals surface area contributed by atoms with E-state index in [-0.39, 0.29) is 28.7 Å². The van der Waals surface area contributed by atoms with E-state index in [1.807, 2.05) is 42.2 Å². The molecule has 2 aromatic carbocycles. The molecule has 2 aromatic rings. The lowest BCUT2D eigenvalue weighted by atomic mass is 10.2. The number of carbonyl (C=O) groups excluding carboxylic acids is 1. The summed E-state index contributed by atoms with van der Waals surface area (Å²) in [5.41, 5.74) is 1.31. The molecule has 0 spiro atoms. The first-order chi connectivity index (χ1) is 13.5. The molecule has 6 nitrogen and oxygen atoms in total. The van der Waals surface area contributed by atoms with Crippen molar-refractivity contribution in [3.05, 3.63) is 60.2 Å². The van der Waals surface area contributed by atoms with E-state index in [9.17, 15) is 13.2 Å². The molecule has 0 unspecified atom stereocenters. The number of aliphatic imine (C=N–C) groups is 1. The monoisotopic (exact) mass is 416 g/mol. The average Bonchev–Trinajstić information content (AvgIpc) is 3.14. The molecule has 28 heavy (non-hydrogen) atoms. The number of anilines is 1. The van der Waals surface area contributed by atoms with Crippen molar-refractivity contribution in [2.24, 2.45) is 4.99 Å². The van der Waals surface area contributed by atoms with Crippen molar-refractivity contribution >= 4 is 38.4 Å². The summed E-state index contributed by atoms with van der Waals surface area (Å²) in [5, 5.41) is 0.418. The molecule has 2 atom stereocenters. The van der Waals surface area contributed by atoms with Crippen LogP contribution in [0.2, 0.25) is 0 Å². The highest BCUT2D eigenvalue weighted by atomic mass is 32.2. The molecule has 2 saturated heterocycles. The third-order valence-electron chi connectivity index (χ3n) is 4.71. The van der Waals surface area contributed by atoms with Gasteiger partial charge in [0.15, 0.2) is 15.0 Å². The molecule has 2 aliphatic rings. The number of thioether (sulfide) groups is 1. The van der Waals surface area contributed by atoms with Gasteiger partial charge in [0.25, 0.3) is 5.91 Å². The minimum Gasteiger partial charge on any atom is -0.494 e. The Kier molecular flexibility index (Phi) is 5.16. The average molecular weight is 417 g/mol. The molecule has 1 amide bonds. The summed E-state index contributed by atoms with van der Waals surface area (Å²) < 4.78 is 29.8. The Balaban J connectivity index is 1.69. The van der Waals surface area contributed by atoms with Gasteiger partial charge in [-0.3, -0.25) is 4.79 Å². The lowest BCUT2D eigenvalue weighted by Crippen LogP contribution is -2.37. The highest BCUT2D eigenvalue weighted by Crippen LogP contribution is 2.41. The first-order valence-corrected chi connectivity index (χ1v) is 11.7. The summed E-state index contributed by atoms with van der Waals surface area (Å²) in [5.74, 6) is 0.583. The molecule has 8 heteroatoms. The second-order valence-electron chi connectivity index (χ2n) is 6.66. The molecular formula is C20H20N2O4S2. The SMILES string of the molecule is CCOc1ccc(N2C(=NC(=O)c3ccccc3)S[C@H]3CS(=O)(=O)C[C@@H]32)cc1. The zero-order valence-electron chi connectivity index (χ0n) is 15.3. The summed E-state index contributed by atoms with van der Waals surface area (Å²) in [7, 11) is -3.09. The number of sulfone groups is 1. The minimum absolute atomic E-state index is 0.0659. The number of fused-ring (bicyclic) bond motifs is 1. The van der Waals surface area contributed by atoms with Crippen molar-refractivity contribution in [2.75, 3.05) is 23.0 Å². The zero-order valence-corrected chi connectivity index (χ0v) is 16.9. The van der Waals surface area contributed by atoms with Gasteiger partial charge in [-0.05, 0) is 43.3 Å². The molecule has 0 aliphatic carbocycles.